The number of methoxy groups -OCH3 is 1. The highest BCUT2D eigenvalue weighted by Crippen LogP contribution is 2.33. The van der Waals surface area contributed by atoms with Crippen LogP contribution in [0, 0.1) is 20.8 Å². The fourth-order valence-electron chi connectivity index (χ4n) is 2.18. The molecule has 0 aliphatic heterocycles. The van der Waals surface area contributed by atoms with Crippen LogP contribution in [0.15, 0.2) is 16.7 Å². The lowest BCUT2D eigenvalue weighted by atomic mass is 10.0. The first-order valence-electron chi connectivity index (χ1n) is 5.80. The number of hydrogen-bond acceptors (Lipinski definition) is 2. The molecule has 2 rings (SSSR count). The fourth-order valence-corrected chi connectivity index (χ4v) is 2.75. The molecule has 1 heterocycles. The summed E-state index contributed by atoms with van der Waals surface area (Å²) >= 11 is 3.59. The molecular formula is C14H17BrN2O. The van der Waals surface area contributed by atoms with Crippen molar-refractivity contribution in [3.05, 3.63) is 33.7 Å². The van der Waals surface area contributed by atoms with E-state index in [1.807, 2.05) is 18.5 Å². The highest BCUT2D eigenvalue weighted by molar-refractivity contribution is 9.10. The second-order valence-corrected chi connectivity index (χ2v) is 5.25. The van der Waals surface area contributed by atoms with E-state index in [1.165, 1.54) is 0 Å². The summed E-state index contributed by atoms with van der Waals surface area (Å²) in [6, 6.07) is 4.22. The average molecular weight is 309 g/mol. The van der Waals surface area contributed by atoms with E-state index in [0.717, 1.165) is 38.6 Å². The summed E-state index contributed by atoms with van der Waals surface area (Å²) in [7, 11) is 3.70. The number of halogens is 1. The van der Waals surface area contributed by atoms with E-state index in [9.17, 15) is 0 Å². The van der Waals surface area contributed by atoms with Gasteiger partial charge in [-0.15, -0.1) is 0 Å². The molecule has 0 bridgehead atoms. The Balaban J connectivity index is 2.62. The lowest BCUT2D eigenvalue weighted by Crippen LogP contribution is -1.93. The number of imidazole rings is 1. The van der Waals surface area contributed by atoms with Crippen molar-refractivity contribution in [2.75, 3.05) is 7.11 Å². The van der Waals surface area contributed by atoms with Crippen LogP contribution in [0.25, 0.3) is 11.3 Å². The molecule has 0 radical (unpaired) electrons. The Kier molecular flexibility index (Phi) is 3.48. The molecule has 96 valence electrons. The van der Waals surface area contributed by atoms with Crippen molar-refractivity contribution in [2.24, 2.45) is 7.05 Å². The van der Waals surface area contributed by atoms with Crippen molar-refractivity contribution >= 4 is 15.9 Å². The fraction of sp³-hybridized carbons (Fsp3) is 0.357. The van der Waals surface area contributed by atoms with E-state index in [4.69, 9.17) is 4.74 Å². The van der Waals surface area contributed by atoms with Gasteiger partial charge in [-0.3, -0.25) is 0 Å². The smallest absolute Gasteiger partial charge is 0.124 e. The van der Waals surface area contributed by atoms with Gasteiger partial charge in [0.05, 0.1) is 7.11 Å². The number of hydrogen-bond donors (Lipinski definition) is 0. The summed E-state index contributed by atoms with van der Waals surface area (Å²) in [5.74, 6) is 1.94. The van der Waals surface area contributed by atoms with Crippen molar-refractivity contribution in [1.29, 1.82) is 0 Å². The minimum absolute atomic E-state index is 0.947. The molecule has 2 aromatic rings. The van der Waals surface area contributed by atoms with E-state index in [-0.39, 0.29) is 0 Å². The van der Waals surface area contributed by atoms with E-state index in [2.05, 4.69) is 46.9 Å². The zero-order valence-corrected chi connectivity index (χ0v) is 12.9. The molecule has 1 aromatic carbocycles. The summed E-state index contributed by atoms with van der Waals surface area (Å²) in [5, 5.41) is 0. The van der Waals surface area contributed by atoms with Crippen molar-refractivity contribution in [1.82, 2.24) is 9.55 Å². The van der Waals surface area contributed by atoms with Crippen molar-refractivity contribution in [3.63, 3.8) is 0 Å². The highest BCUT2D eigenvalue weighted by atomic mass is 79.9. The third-order valence-corrected chi connectivity index (χ3v) is 4.09. The van der Waals surface area contributed by atoms with Gasteiger partial charge in [0.2, 0.25) is 0 Å². The van der Waals surface area contributed by atoms with Crippen molar-refractivity contribution in [2.45, 2.75) is 20.8 Å². The Hall–Kier alpha value is -1.29. The van der Waals surface area contributed by atoms with E-state index >= 15 is 0 Å². The van der Waals surface area contributed by atoms with E-state index < -0.39 is 0 Å². The SMILES string of the molecule is COc1c(C)cc(-c2nc(C)n(C)c2Br)cc1C. The van der Waals surface area contributed by atoms with E-state index in [1.54, 1.807) is 7.11 Å². The van der Waals surface area contributed by atoms with Crippen LogP contribution in [-0.2, 0) is 7.05 Å². The molecule has 0 N–H and O–H groups in total. The molecule has 1 aromatic heterocycles. The number of aromatic nitrogens is 2. The maximum absolute atomic E-state index is 5.39. The summed E-state index contributed by atoms with van der Waals surface area (Å²) in [5.41, 5.74) is 4.34. The Morgan fingerprint density at radius 3 is 2.11 bits per heavy atom. The van der Waals surface area contributed by atoms with Crippen LogP contribution >= 0.6 is 15.9 Å². The zero-order valence-electron chi connectivity index (χ0n) is 11.3. The lowest BCUT2D eigenvalue weighted by molar-refractivity contribution is 0.408. The Morgan fingerprint density at radius 2 is 1.72 bits per heavy atom. The molecule has 0 aliphatic rings. The Morgan fingerprint density at radius 1 is 1.17 bits per heavy atom. The number of benzene rings is 1. The zero-order chi connectivity index (χ0) is 13.4. The van der Waals surface area contributed by atoms with Crippen LogP contribution in [0.4, 0.5) is 0 Å². The van der Waals surface area contributed by atoms with E-state index in [0.29, 0.717) is 0 Å². The third kappa shape index (κ3) is 2.05. The topological polar surface area (TPSA) is 27.1 Å². The van der Waals surface area contributed by atoms with Crippen LogP contribution in [0.5, 0.6) is 5.75 Å². The van der Waals surface area contributed by atoms with Gasteiger partial charge in [0.15, 0.2) is 0 Å². The third-order valence-electron chi connectivity index (χ3n) is 3.19. The second-order valence-electron chi connectivity index (χ2n) is 4.50. The summed E-state index contributed by atoms with van der Waals surface area (Å²) in [6.45, 7) is 6.11. The number of aryl methyl sites for hydroxylation is 3. The highest BCUT2D eigenvalue weighted by Gasteiger charge is 2.14. The van der Waals surface area contributed by atoms with Gasteiger partial charge in [0.1, 0.15) is 21.9 Å². The largest absolute Gasteiger partial charge is 0.496 e. The number of nitrogens with zero attached hydrogens (tertiary/aromatic N) is 2. The maximum Gasteiger partial charge on any atom is 0.124 e. The first kappa shape index (κ1) is 13.1. The minimum atomic E-state index is 0.947. The molecule has 0 saturated heterocycles. The molecule has 0 spiro atoms. The van der Waals surface area contributed by atoms with Crippen LogP contribution in [0.1, 0.15) is 17.0 Å². The molecule has 3 nitrogen and oxygen atoms in total. The average Bonchev–Trinajstić information content (AvgIpc) is 2.56. The van der Waals surface area contributed by atoms with Gasteiger partial charge in [-0.05, 0) is 60.0 Å². The normalized spacial score (nSPS) is 10.8. The predicted octanol–water partition coefficient (Wildman–Crippen LogP) is 3.78. The first-order chi connectivity index (χ1) is 8.45. The van der Waals surface area contributed by atoms with Gasteiger partial charge in [-0.1, -0.05) is 0 Å². The molecule has 0 saturated carbocycles. The van der Waals surface area contributed by atoms with Gasteiger partial charge >= 0.3 is 0 Å². The van der Waals surface area contributed by atoms with Gasteiger partial charge in [-0.25, -0.2) is 4.98 Å². The number of rotatable bonds is 2. The molecule has 0 aliphatic carbocycles. The summed E-state index contributed by atoms with van der Waals surface area (Å²) in [6.07, 6.45) is 0. The maximum atomic E-state index is 5.39. The van der Waals surface area contributed by atoms with Crippen molar-refractivity contribution in [3.8, 4) is 17.0 Å². The molecule has 18 heavy (non-hydrogen) atoms. The molecular weight excluding hydrogens is 292 g/mol. The van der Waals surface area contributed by atoms with Gasteiger partial charge in [0.25, 0.3) is 0 Å². The van der Waals surface area contributed by atoms with Gasteiger partial charge in [-0.2, -0.15) is 0 Å². The predicted molar refractivity (Wildman–Crippen MR) is 77.1 cm³/mol. The Bertz CT molecular complexity index is 579. The monoisotopic (exact) mass is 308 g/mol. The molecule has 0 unspecified atom stereocenters. The minimum Gasteiger partial charge on any atom is -0.496 e. The summed E-state index contributed by atoms with van der Waals surface area (Å²) < 4.78 is 8.42. The number of ether oxygens (including phenoxy) is 1. The first-order valence-corrected chi connectivity index (χ1v) is 6.59. The van der Waals surface area contributed by atoms with Crippen LogP contribution in [0.3, 0.4) is 0 Å². The second kappa shape index (κ2) is 4.76. The van der Waals surface area contributed by atoms with Crippen LogP contribution in [0.2, 0.25) is 0 Å². The van der Waals surface area contributed by atoms with Crippen LogP contribution < -0.4 is 4.74 Å². The standard InChI is InChI=1S/C14H17BrN2O/c1-8-6-11(7-9(2)13(8)18-5)12-14(15)17(4)10(3)16-12/h6-7H,1-5H3. The molecule has 0 atom stereocenters. The molecule has 0 fully saturated rings. The van der Waals surface area contributed by atoms with Crippen LogP contribution in [-0.4, -0.2) is 16.7 Å². The molecule has 4 heteroatoms. The van der Waals surface area contributed by atoms with Gasteiger partial charge < -0.3 is 9.30 Å². The quantitative estimate of drug-likeness (QED) is 0.844. The van der Waals surface area contributed by atoms with Gasteiger partial charge in [0, 0.05) is 12.6 Å². The summed E-state index contributed by atoms with van der Waals surface area (Å²) in [4.78, 5) is 4.59. The molecule has 0 amide bonds. The lowest BCUT2D eigenvalue weighted by Gasteiger charge is -2.10. The van der Waals surface area contributed by atoms with Crippen molar-refractivity contribution < 1.29 is 4.74 Å². The Labute approximate surface area is 116 Å².